The van der Waals surface area contributed by atoms with Gasteiger partial charge in [-0.3, -0.25) is 15.1 Å². The van der Waals surface area contributed by atoms with E-state index in [1.165, 1.54) is 0 Å². The molecule has 4 nitrogen and oxygen atoms in total. The lowest BCUT2D eigenvalue weighted by Crippen LogP contribution is -2.42. The molecule has 0 saturated carbocycles. The van der Waals surface area contributed by atoms with Crippen LogP contribution in [0.3, 0.4) is 0 Å². The number of thiophene rings is 1. The second kappa shape index (κ2) is 8.76. The fourth-order valence-corrected chi connectivity index (χ4v) is 5.93. The van der Waals surface area contributed by atoms with Gasteiger partial charge in [-0.1, -0.05) is 57.9 Å². The molecule has 2 N–H and O–H groups in total. The molecule has 166 valence electrons. The van der Waals surface area contributed by atoms with Crippen LogP contribution in [0.5, 0.6) is 0 Å². The number of rotatable bonds is 3. The molecule has 0 fully saturated rings. The van der Waals surface area contributed by atoms with Crippen molar-refractivity contribution in [1.29, 1.82) is 5.41 Å². The number of benzene rings is 2. The number of Topliss-reactive ketones (excluding diaryl/α,β-unsaturated/α-hetero) is 1. The monoisotopic (exact) mass is 518 g/mol. The number of ketones is 1. The minimum Gasteiger partial charge on any atom is -0.507 e. The Bertz CT molecular complexity index is 1310. The zero-order valence-electron chi connectivity index (χ0n) is 18.1. The highest BCUT2D eigenvalue weighted by Gasteiger charge is 2.43. The van der Waals surface area contributed by atoms with Crippen LogP contribution >= 0.6 is 27.3 Å². The Morgan fingerprint density at radius 2 is 1.91 bits per heavy atom. The van der Waals surface area contributed by atoms with Crippen molar-refractivity contribution in [3.63, 3.8) is 0 Å². The summed E-state index contributed by atoms with van der Waals surface area (Å²) in [6.45, 7) is 2.00. The van der Waals surface area contributed by atoms with E-state index in [2.05, 4.69) is 15.9 Å². The van der Waals surface area contributed by atoms with Gasteiger partial charge in [-0.15, -0.1) is 11.3 Å². The number of anilines is 1. The minimum absolute atomic E-state index is 0.0447. The topological polar surface area (TPSA) is 64.4 Å². The largest absolute Gasteiger partial charge is 0.507 e. The standard InChI is InChI=1S/C27H23BrN2O2S/c1-16-10-12-17(13-11-16)26(32)25-24(22-9-4-14-33-22)23-20(7-3-8-21(23)31)30(27(25)29)19-6-2-5-18(28)15-19/h2,4-6,9-15,24,29,32H,3,7-8H2,1H3/b26-25+,29-27?. The van der Waals surface area contributed by atoms with E-state index in [9.17, 15) is 15.3 Å². The molecule has 1 aliphatic carbocycles. The number of hydrogen-bond acceptors (Lipinski definition) is 4. The molecule has 1 atom stereocenters. The summed E-state index contributed by atoms with van der Waals surface area (Å²) in [6, 6.07) is 19.3. The van der Waals surface area contributed by atoms with Crippen LogP contribution in [0.4, 0.5) is 5.69 Å². The molecule has 0 bridgehead atoms. The Kier molecular flexibility index (Phi) is 5.81. The van der Waals surface area contributed by atoms with E-state index in [1.54, 1.807) is 11.3 Å². The van der Waals surface area contributed by atoms with Crippen LogP contribution in [-0.2, 0) is 4.79 Å². The van der Waals surface area contributed by atoms with Crippen molar-refractivity contribution in [1.82, 2.24) is 0 Å². The number of nitrogens with zero attached hydrogens (tertiary/aromatic N) is 1. The SMILES string of the molecule is Cc1ccc(/C(O)=C2\C(=N)N(c3cccc(Br)c3)C3=C(C(=O)CCC3)C2c2cccs2)cc1. The zero-order chi connectivity index (χ0) is 23.1. The third-order valence-electron chi connectivity index (χ3n) is 6.23. The number of allylic oxidation sites excluding steroid dienone is 2. The van der Waals surface area contributed by atoms with Gasteiger partial charge >= 0.3 is 0 Å². The Balaban J connectivity index is 1.81. The Hall–Kier alpha value is -2.96. The van der Waals surface area contributed by atoms with E-state index in [-0.39, 0.29) is 17.4 Å². The van der Waals surface area contributed by atoms with E-state index in [0.717, 1.165) is 39.1 Å². The number of aliphatic hydroxyl groups is 1. The molecule has 5 rings (SSSR count). The average molecular weight is 519 g/mol. The van der Waals surface area contributed by atoms with E-state index < -0.39 is 5.92 Å². The lowest BCUT2D eigenvalue weighted by Gasteiger charge is -2.41. The second-order valence-electron chi connectivity index (χ2n) is 8.38. The number of aryl methyl sites for hydroxylation is 1. The molecule has 33 heavy (non-hydrogen) atoms. The van der Waals surface area contributed by atoms with Crippen molar-refractivity contribution in [3.8, 4) is 0 Å². The highest BCUT2D eigenvalue weighted by atomic mass is 79.9. The number of aliphatic hydroxyl groups excluding tert-OH is 1. The summed E-state index contributed by atoms with van der Waals surface area (Å²) < 4.78 is 0.894. The first-order valence-electron chi connectivity index (χ1n) is 10.9. The van der Waals surface area contributed by atoms with Crippen LogP contribution in [0.1, 0.15) is 41.2 Å². The molecule has 0 saturated heterocycles. The average Bonchev–Trinajstić information content (AvgIpc) is 3.33. The smallest absolute Gasteiger partial charge is 0.161 e. The molecule has 0 spiro atoms. The van der Waals surface area contributed by atoms with Crippen molar-refractivity contribution >= 4 is 50.3 Å². The van der Waals surface area contributed by atoms with Gasteiger partial charge in [0.1, 0.15) is 11.6 Å². The van der Waals surface area contributed by atoms with Gasteiger partial charge in [-0.05, 0) is 49.4 Å². The maximum absolute atomic E-state index is 13.4. The van der Waals surface area contributed by atoms with Crippen molar-refractivity contribution in [2.24, 2.45) is 0 Å². The van der Waals surface area contributed by atoms with Crippen molar-refractivity contribution in [2.75, 3.05) is 4.90 Å². The van der Waals surface area contributed by atoms with Crippen LogP contribution < -0.4 is 4.90 Å². The Morgan fingerprint density at radius 3 is 2.61 bits per heavy atom. The number of carbonyl (C=O) groups is 1. The van der Waals surface area contributed by atoms with Gasteiger partial charge in [0.15, 0.2) is 5.78 Å². The summed E-state index contributed by atoms with van der Waals surface area (Å²) in [4.78, 5) is 16.2. The molecule has 3 aromatic rings. The van der Waals surface area contributed by atoms with Crippen LogP contribution in [-0.4, -0.2) is 16.7 Å². The molecule has 0 radical (unpaired) electrons. The normalized spacial score (nSPS) is 20.2. The van der Waals surface area contributed by atoms with Gasteiger partial charge in [0.05, 0.1) is 11.5 Å². The lowest BCUT2D eigenvalue weighted by molar-refractivity contribution is -0.116. The number of carbonyl (C=O) groups excluding carboxylic acids is 1. The molecular formula is C27H23BrN2O2S. The molecule has 2 aromatic carbocycles. The fraction of sp³-hybridized carbons (Fsp3) is 0.185. The predicted octanol–water partition coefficient (Wildman–Crippen LogP) is 7.38. The van der Waals surface area contributed by atoms with Crippen LogP contribution in [0.15, 0.2) is 87.4 Å². The van der Waals surface area contributed by atoms with Gasteiger partial charge in [-0.25, -0.2) is 0 Å². The third kappa shape index (κ3) is 3.87. The summed E-state index contributed by atoms with van der Waals surface area (Å²) in [5.41, 5.74) is 4.57. The van der Waals surface area contributed by atoms with Gasteiger partial charge < -0.3 is 5.11 Å². The van der Waals surface area contributed by atoms with Crippen LogP contribution in [0.2, 0.25) is 0 Å². The maximum atomic E-state index is 13.4. The van der Waals surface area contributed by atoms with E-state index in [1.807, 2.05) is 77.9 Å². The van der Waals surface area contributed by atoms with E-state index in [4.69, 9.17) is 0 Å². The van der Waals surface area contributed by atoms with Crippen LogP contribution in [0.25, 0.3) is 5.76 Å². The number of halogens is 1. The summed E-state index contributed by atoms with van der Waals surface area (Å²) in [5.74, 6) is -0.109. The first-order valence-corrected chi connectivity index (χ1v) is 12.6. The van der Waals surface area contributed by atoms with Gasteiger partial charge in [0.2, 0.25) is 0 Å². The first-order chi connectivity index (χ1) is 16.0. The highest BCUT2D eigenvalue weighted by molar-refractivity contribution is 9.10. The molecule has 1 aliphatic heterocycles. The number of hydrogen-bond donors (Lipinski definition) is 2. The first kappa shape index (κ1) is 21.9. The molecule has 1 unspecified atom stereocenters. The molecule has 2 aliphatic rings. The number of amidine groups is 1. The molecule has 0 amide bonds. The molecule has 6 heteroatoms. The second-order valence-corrected chi connectivity index (χ2v) is 10.3. The van der Waals surface area contributed by atoms with Crippen LogP contribution in [0, 0.1) is 12.3 Å². The van der Waals surface area contributed by atoms with E-state index >= 15 is 0 Å². The Morgan fingerprint density at radius 1 is 1.12 bits per heavy atom. The molecule has 1 aromatic heterocycles. The van der Waals surface area contributed by atoms with Gasteiger partial charge in [-0.2, -0.15) is 0 Å². The number of nitrogens with one attached hydrogen (secondary N) is 1. The fourth-order valence-electron chi connectivity index (χ4n) is 4.70. The predicted molar refractivity (Wildman–Crippen MR) is 138 cm³/mol. The van der Waals surface area contributed by atoms with E-state index in [0.29, 0.717) is 23.1 Å². The van der Waals surface area contributed by atoms with Gasteiger partial charge in [0.25, 0.3) is 0 Å². The van der Waals surface area contributed by atoms with Crippen molar-refractivity contribution in [2.45, 2.75) is 32.1 Å². The van der Waals surface area contributed by atoms with Crippen molar-refractivity contribution in [3.05, 3.63) is 103 Å². The summed E-state index contributed by atoms with van der Waals surface area (Å²) in [7, 11) is 0. The third-order valence-corrected chi connectivity index (χ3v) is 7.66. The lowest BCUT2D eigenvalue weighted by atomic mass is 9.76. The quantitative estimate of drug-likeness (QED) is 0.355. The maximum Gasteiger partial charge on any atom is 0.161 e. The summed E-state index contributed by atoms with van der Waals surface area (Å²) in [5, 5.41) is 22.8. The summed E-state index contributed by atoms with van der Waals surface area (Å²) in [6.07, 6.45) is 1.96. The molecule has 2 heterocycles. The highest BCUT2D eigenvalue weighted by Crippen LogP contribution is 2.49. The Labute approximate surface area is 205 Å². The van der Waals surface area contributed by atoms with Gasteiger partial charge in [0, 0.05) is 38.3 Å². The molecular weight excluding hydrogens is 496 g/mol. The van der Waals surface area contributed by atoms with Crippen molar-refractivity contribution < 1.29 is 9.90 Å². The summed E-state index contributed by atoms with van der Waals surface area (Å²) >= 11 is 5.09. The minimum atomic E-state index is -0.454. The zero-order valence-corrected chi connectivity index (χ0v) is 20.5.